The topological polar surface area (TPSA) is 250 Å². The quantitative estimate of drug-likeness (QED) is 0.0660. The Labute approximate surface area is 281 Å². The van der Waals surface area contributed by atoms with E-state index in [4.69, 9.17) is 20.9 Å². The van der Waals surface area contributed by atoms with Gasteiger partial charge in [-0.3, -0.25) is 28.8 Å². The number of hydrogen-bond donors (Lipinski definition) is 7. The Bertz CT molecular complexity index is 1270. The molecule has 2 atom stereocenters. The van der Waals surface area contributed by atoms with E-state index in [9.17, 15) is 33.6 Å². The summed E-state index contributed by atoms with van der Waals surface area (Å²) in [6.45, 7) is 8.87. The largest absolute Gasteiger partial charge is 0.461 e. The van der Waals surface area contributed by atoms with E-state index >= 15 is 0 Å². The molecule has 0 spiro atoms. The molecule has 1 aromatic carbocycles. The molecule has 48 heavy (non-hydrogen) atoms. The molecule has 0 fully saturated rings. The number of primary amides is 1. The number of ketones is 1. The third kappa shape index (κ3) is 16.3. The fraction of sp³-hybridized carbons (Fsp3) is 0.594. The third-order valence-electron chi connectivity index (χ3n) is 6.83. The molecule has 1 aromatic rings. The first-order chi connectivity index (χ1) is 22.7. The Kier molecular flexibility index (Phi) is 19.1. The molecule has 0 aromatic heterocycles. The highest BCUT2D eigenvalue weighted by Gasteiger charge is 2.29. The summed E-state index contributed by atoms with van der Waals surface area (Å²) in [4.78, 5) is 86.6. The Morgan fingerprint density at radius 2 is 1.56 bits per heavy atom. The molecule has 0 bridgehead atoms. The van der Waals surface area contributed by atoms with Crippen molar-refractivity contribution in [3.05, 3.63) is 29.3 Å². The molecule has 0 aliphatic rings. The molecule has 0 unspecified atom stereocenters. The highest BCUT2D eigenvalue weighted by Crippen LogP contribution is 2.19. The van der Waals surface area contributed by atoms with Crippen molar-refractivity contribution in [2.24, 2.45) is 23.3 Å². The van der Waals surface area contributed by atoms with Crippen molar-refractivity contribution in [2.45, 2.75) is 79.0 Å². The predicted molar refractivity (Wildman–Crippen MR) is 177 cm³/mol. The lowest BCUT2D eigenvalue weighted by molar-refractivity contribution is -0.148. The van der Waals surface area contributed by atoms with Crippen molar-refractivity contribution in [1.29, 1.82) is 0 Å². The molecule has 9 N–H and O–H groups in total. The summed E-state index contributed by atoms with van der Waals surface area (Å²) in [7, 11) is 0. The van der Waals surface area contributed by atoms with Crippen molar-refractivity contribution in [3.63, 3.8) is 0 Å². The standard InChI is InChI=1S/C32H51N7O9/c1-19(2)27(39-26(41)11-16-47-15-10-21(5)40)30(44)38-25(7-6-13-36-32(34)46)29(43)37-23-9-8-22(18-48-31(45)20(3)4)24(17-23)28(42)35-14-12-33/h8-9,17,19-20,25,27H,6-7,10-16,18,33H2,1-5H3,(H,35,42)(H,37,43)(H,38,44)(H,39,41)(H3,34,36,46)/t25-,27-/m0/s1. The number of nitrogens with two attached hydrogens (primary N) is 2. The monoisotopic (exact) mass is 677 g/mol. The summed E-state index contributed by atoms with van der Waals surface area (Å²) in [6.07, 6.45) is 0.556. The van der Waals surface area contributed by atoms with Gasteiger partial charge in [0.1, 0.15) is 24.5 Å². The molecular weight excluding hydrogens is 626 g/mol. The molecule has 0 aliphatic heterocycles. The summed E-state index contributed by atoms with van der Waals surface area (Å²) < 4.78 is 10.6. The van der Waals surface area contributed by atoms with Crippen LogP contribution in [0.25, 0.3) is 0 Å². The van der Waals surface area contributed by atoms with E-state index < -0.39 is 47.7 Å². The number of carbonyl (C=O) groups is 7. The lowest BCUT2D eigenvalue weighted by Crippen LogP contribution is -2.54. The van der Waals surface area contributed by atoms with Crippen LogP contribution in [0.3, 0.4) is 0 Å². The molecule has 0 aliphatic carbocycles. The zero-order valence-corrected chi connectivity index (χ0v) is 28.4. The maximum Gasteiger partial charge on any atom is 0.312 e. The van der Waals surface area contributed by atoms with Gasteiger partial charge in [0.05, 0.1) is 19.1 Å². The van der Waals surface area contributed by atoms with E-state index in [1.807, 2.05) is 0 Å². The summed E-state index contributed by atoms with van der Waals surface area (Å²) in [5, 5.41) is 13.2. The molecule has 0 heterocycles. The minimum Gasteiger partial charge on any atom is -0.461 e. The number of Topliss-reactive ketones (excluding diaryl/α,β-unsaturated/α-hetero) is 1. The van der Waals surface area contributed by atoms with Crippen LogP contribution in [0.4, 0.5) is 10.5 Å². The molecule has 16 nitrogen and oxygen atoms in total. The van der Waals surface area contributed by atoms with Crippen LogP contribution >= 0.6 is 0 Å². The van der Waals surface area contributed by atoms with E-state index in [1.54, 1.807) is 33.8 Å². The Morgan fingerprint density at radius 1 is 0.875 bits per heavy atom. The van der Waals surface area contributed by atoms with Crippen LogP contribution in [0.15, 0.2) is 18.2 Å². The van der Waals surface area contributed by atoms with E-state index in [1.165, 1.54) is 19.1 Å². The van der Waals surface area contributed by atoms with Gasteiger partial charge in [-0.2, -0.15) is 0 Å². The third-order valence-corrected chi connectivity index (χ3v) is 6.83. The first-order valence-corrected chi connectivity index (χ1v) is 15.9. The average Bonchev–Trinajstić information content (AvgIpc) is 3.02. The Morgan fingerprint density at radius 3 is 2.17 bits per heavy atom. The SMILES string of the molecule is CC(=O)CCOCCC(=O)N[C@H](C(=O)N[C@@H](CCCNC(N)=O)C(=O)Nc1ccc(COC(=O)C(C)C)c(C(=O)NCCN)c1)C(C)C. The van der Waals surface area contributed by atoms with Gasteiger partial charge < -0.3 is 47.5 Å². The van der Waals surface area contributed by atoms with E-state index in [0.29, 0.717) is 5.56 Å². The number of anilines is 1. The van der Waals surface area contributed by atoms with E-state index in [0.717, 1.165) is 0 Å². The number of carbonyl (C=O) groups excluding carboxylic acids is 7. The first kappa shape index (κ1) is 41.5. The second-order valence-corrected chi connectivity index (χ2v) is 11.8. The lowest BCUT2D eigenvalue weighted by Gasteiger charge is -2.25. The number of benzene rings is 1. The minimum absolute atomic E-state index is 0.0325. The summed E-state index contributed by atoms with van der Waals surface area (Å²) in [5.74, 6) is -3.36. The van der Waals surface area contributed by atoms with Gasteiger partial charge in [-0.05, 0) is 37.8 Å². The summed E-state index contributed by atoms with van der Waals surface area (Å²) >= 11 is 0. The van der Waals surface area contributed by atoms with Crippen LogP contribution in [0.5, 0.6) is 0 Å². The number of amides is 6. The maximum atomic E-state index is 13.5. The highest BCUT2D eigenvalue weighted by atomic mass is 16.5. The van der Waals surface area contributed by atoms with Crippen LogP contribution in [-0.4, -0.2) is 86.3 Å². The van der Waals surface area contributed by atoms with Crippen molar-refractivity contribution >= 4 is 47.1 Å². The molecular formula is C32H51N7O9. The van der Waals surface area contributed by atoms with Gasteiger partial charge in [-0.15, -0.1) is 0 Å². The smallest absolute Gasteiger partial charge is 0.312 e. The molecule has 6 amide bonds. The van der Waals surface area contributed by atoms with Gasteiger partial charge in [-0.25, -0.2) is 4.79 Å². The average molecular weight is 678 g/mol. The number of nitrogens with one attached hydrogen (secondary N) is 5. The van der Waals surface area contributed by atoms with Gasteiger partial charge in [0.25, 0.3) is 5.91 Å². The van der Waals surface area contributed by atoms with Gasteiger partial charge in [0.2, 0.25) is 17.7 Å². The molecule has 0 radical (unpaired) electrons. The molecule has 1 rings (SSSR count). The lowest BCUT2D eigenvalue weighted by atomic mass is 10.0. The van der Waals surface area contributed by atoms with E-state index in [-0.39, 0.29) is 94.0 Å². The van der Waals surface area contributed by atoms with Crippen LogP contribution in [0.2, 0.25) is 0 Å². The second kappa shape index (κ2) is 22.1. The van der Waals surface area contributed by atoms with Crippen LogP contribution in [-0.2, 0) is 40.1 Å². The van der Waals surface area contributed by atoms with E-state index in [2.05, 4.69) is 26.6 Å². The number of ether oxygens (including phenoxy) is 2. The number of hydrogen-bond acceptors (Lipinski definition) is 10. The van der Waals surface area contributed by atoms with Gasteiger partial charge in [-0.1, -0.05) is 33.8 Å². The first-order valence-electron chi connectivity index (χ1n) is 15.9. The van der Waals surface area contributed by atoms with Crippen molar-refractivity contribution in [1.82, 2.24) is 21.3 Å². The fourth-order valence-corrected chi connectivity index (χ4v) is 4.13. The zero-order valence-electron chi connectivity index (χ0n) is 28.4. The number of urea groups is 1. The van der Waals surface area contributed by atoms with Crippen molar-refractivity contribution in [2.75, 3.05) is 38.2 Å². The van der Waals surface area contributed by atoms with Crippen LogP contribution in [0.1, 0.15) is 76.2 Å². The number of rotatable bonds is 22. The molecule has 0 saturated carbocycles. The Balaban J connectivity index is 3.14. The predicted octanol–water partition coefficient (Wildman–Crippen LogP) is 0.473. The van der Waals surface area contributed by atoms with Gasteiger partial charge in [0, 0.05) is 49.3 Å². The summed E-state index contributed by atoms with van der Waals surface area (Å²) in [5.41, 5.74) is 11.4. The van der Waals surface area contributed by atoms with Crippen LogP contribution in [0, 0.1) is 11.8 Å². The normalized spacial score (nSPS) is 12.1. The highest BCUT2D eigenvalue weighted by molar-refractivity contribution is 6.01. The van der Waals surface area contributed by atoms with Gasteiger partial charge >= 0.3 is 12.0 Å². The van der Waals surface area contributed by atoms with Gasteiger partial charge in [0.15, 0.2) is 0 Å². The fourth-order valence-electron chi connectivity index (χ4n) is 4.13. The Hall–Kier alpha value is -4.57. The van der Waals surface area contributed by atoms with Crippen molar-refractivity contribution in [3.8, 4) is 0 Å². The molecule has 16 heteroatoms. The molecule has 268 valence electrons. The maximum absolute atomic E-state index is 13.5. The van der Waals surface area contributed by atoms with Crippen molar-refractivity contribution < 1.29 is 43.0 Å². The zero-order chi connectivity index (χ0) is 36.2. The number of esters is 1. The second-order valence-electron chi connectivity index (χ2n) is 11.8. The minimum atomic E-state index is -1.11. The molecule has 0 saturated heterocycles. The van der Waals surface area contributed by atoms with Crippen LogP contribution < -0.4 is 38.1 Å². The summed E-state index contributed by atoms with van der Waals surface area (Å²) in [6, 6.07) is 1.65.